The van der Waals surface area contributed by atoms with E-state index in [-0.39, 0.29) is 18.2 Å². The number of ketones is 1. The summed E-state index contributed by atoms with van der Waals surface area (Å²) < 4.78 is 0. The summed E-state index contributed by atoms with van der Waals surface area (Å²) in [5, 5.41) is 9.50. The smallest absolute Gasteiger partial charge is 0.163 e. The van der Waals surface area contributed by atoms with Gasteiger partial charge in [0.2, 0.25) is 0 Å². The first kappa shape index (κ1) is 20.9. The van der Waals surface area contributed by atoms with Crippen LogP contribution in [-0.4, -0.2) is 23.5 Å². The van der Waals surface area contributed by atoms with Crippen LogP contribution in [0.5, 0.6) is 0 Å². The van der Waals surface area contributed by atoms with E-state index < -0.39 is 6.10 Å². The van der Waals surface area contributed by atoms with Gasteiger partial charge in [-0.15, -0.1) is 0 Å². The predicted octanol–water partition coefficient (Wildman–Crippen LogP) is 4.07. The minimum atomic E-state index is -1.03. The summed E-state index contributed by atoms with van der Waals surface area (Å²) in [6.45, 7) is 8.90. The maximum Gasteiger partial charge on any atom is 0.163 e. The molecule has 136 valence electrons. The van der Waals surface area contributed by atoms with Gasteiger partial charge in [-0.3, -0.25) is 4.79 Å². The molecule has 0 fully saturated rings. The number of hydrogen-bond donors (Lipinski definition) is 2. The van der Waals surface area contributed by atoms with Crippen LogP contribution < -0.4 is 5.73 Å². The number of aliphatic hydroxyl groups is 1. The van der Waals surface area contributed by atoms with Gasteiger partial charge in [0.25, 0.3) is 0 Å². The molecule has 0 aliphatic carbocycles. The molecule has 24 heavy (non-hydrogen) atoms. The highest BCUT2D eigenvalue weighted by molar-refractivity contribution is 5.83. The van der Waals surface area contributed by atoms with Crippen LogP contribution in [0.15, 0.2) is 24.3 Å². The zero-order valence-corrected chi connectivity index (χ0v) is 15.8. The Morgan fingerprint density at radius 3 is 2.25 bits per heavy atom. The molecule has 0 heterocycles. The summed E-state index contributed by atoms with van der Waals surface area (Å²) in [6, 6.07) is 8.58. The van der Waals surface area contributed by atoms with Crippen molar-refractivity contribution < 1.29 is 9.90 Å². The molecule has 1 rings (SSSR count). The van der Waals surface area contributed by atoms with Gasteiger partial charge in [-0.05, 0) is 35.3 Å². The van der Waals surface area contributed by atoms with Gasteiger partial charge in [0, 0.05) is 13.0 Å². The molecule has 0 spiro atoms. The summed E-state index contributed by atoms with van der Waals surface area (Å²) in [6.07, 6.45) is 4.31. The summed E-state index contributed by atoms with van der Waals surface area (Å²) in [4.78, 5) is 11.8. The lowest BCUT2D eigenvalue weighted by Gasteiger charge is -2.15. The SMILES string of the molecule is CC(C)CCCC(C)Cc1ccc(C(C)CC(=O)C(O)CN)cc1. The van der Waals surface area contributed by atoms with Gasteiger partial charge in [-0.25, -0.2) is 0 Å². The molecule has 3 nitrogen and oxygen atoms in total. The molecule has 3 N–H and O–H groups in total. The first-order valence-electron chi connectivity index (χ1n) is 9.33. The third kappa shape index (κ3) is 7.59. The van der Waals surface area contributed by atoms with Gasteiger partial charge in [-0.1, -0.05) is 71.2 Å². The van der Waals surface area contributed by atoms with Crippen molar-refractivity contribution in [2.24, 2.45) is 17.6 Å². The predicted molar refractivity (Wildman–Crippen MR) is 101 cm³/mol. The third-order valence-corrected chi connectivity index (χ3v) is 4.71. The molecule has 1 aromatic carbocycles. The molecule has 0 saturated carbocycles. The fourth-order valence-corrected chi connectivity index (χ4v) is 3.05. The second-order valence-electron chi connectivity index (χ2n) is 7.70. The van der Waals surface area contributed by atoms with Crippen molar-refractivity contribution in [3.8, 4) is 0 Å². The van der Waals surface area contributed by atoms with Gasteiger partial charge >= 0.3 is 0 Å². The van der Waals surface area contributed by atoms with E-state index in [1.165, 1.54) is 24.8 Å². The number of nitrogens with two attached hydrogens (primary N) is 1. The van der Waals surface area contributed by atoms with Crippen molar-refractivity contribution in [2.75, 3.05) is 6.54 Å². The monoisotopic (exact) mass is 333 g/mol. The van der Waals surface area contributed by atoms with E-state index in [0.29, 0.717) is 12.3 Å². The Bertz CT molecular complexity index is 481. The van der Waals surface area contributed by atoms with E-state index in [0.717, 1.165) is 17.9 Å². The summed E-state index contributed by atoms with van der Waals surface area (Å²) in [5.41, 5.74) is 7.83. The van der Waals surface area contributed by atoms with E-state index in [2.05, 4.69) is 45.0 Å². The number of aliphatic hydroxyl groups excluding tert-OH is 1. The Kier molecular flexibility index (Phi) is 9.24. The topological polar surface area (TPSA) is 63.3 Å². The van der Waals surface area contributed by atoms with Gasteiger partial charge < -0.3 is 10.8 Å². The minimum absolute atomic E-state index is 0.000805. The zero-order chi connectivity index (χ0) is 18.1. The molecule has 3 heteroatoms. The Labute approximate surface area is 147 Å². The Hall–Kier alpha value is -1.19. The largest absolute Gasteiger partial charge is 0.384 e. The van der Waals surface area contributed by atoms with Crippen LogP contribution in [0.1, 0.15) is 70.4 Å². The molecule has 0 bridgehead atoms. The Morgan fingerprint density at radius 2 is 1.71 bits per heavy atom. The number of rotatable bonds is 11. The van der Waals surface area contributed by atoms with Crippen molar-refractivity contribution in [1.82, 2.24) is 0 Å². The highest BCUT2D eigenvalue weighted by Crippen LogP contribution is 2.22. The van der Waals surface area contributed by atoms with Crippen molar-refractivity contribution in [1.29, 1.82) is 0 Å². The lowest BCUT2D eigenvalue weighted by Crippen LogP contribution is -2.29. The third-order valence-electron chi connectivity index (χ3n) is 4.71. The first-order valence-corrected chi connectivity index (χ1v) is 9.33. The fraction of sp³-hybridized carbons (Fsp3) is 0.667. The Balaban J connectivity index is 2.48. The van der Waals surface area contributed by atoms with E-state index in [1.807, 2.05) is 6.92 Å². The second-order valence-corrected chi connectivity index (χ2v) is 7.70. The van der Waals surface area contributed by atoms with Gasteiger partial charge in [0.15, 0.2) is 5.78 Å². The molecule has 0 aromatic heterocycles. The number of hydrogen-bond acceptors (Lipinski definition) is 3. The van der Waals surface area contributed by atoms with E-state index in [4.69, 9.17) is 5.73 Å². The number of Topliss-reactive ketones (excluding diaryl/α,β-unsaturated/α-hetero) is 1. The molecule has 0 amide bonds. The molecule has 1 aromatic rings. The molecular weight excluding hydrogens is 298 g/mol. The summed E-state index contributed by atoms with van der Waals surface area (Å²) in [7, 11) is 0. The van der Waals surface area contributed by atoms with Crippen LogP contribution in [0.25, 0.3) is 0 Å². The van der Waals surface area contributed by atoms with E-state index >= 15 is 0 Å². The lowest BCUT2D eigenvalue weighted by atomic mass is 9.90. The zero-order valence-electron chi connectivity index (χ0n) is 15.8. The van der Waals surface area contributed by atoms with Crippen LogP contribution in [0, 0.1) is 11.8 Å². The van der Waals surface area contributed by atoms with Gasteiger partial charge in [-0.2, -0.15) is 0 Å². The first-order chi connectivity index (χ1) is 11.3. The van der Waals surface area contributed by atoms with Crippen molar-refractivity contribution in [3.63, 3.8) is 0 Å². The Morgan fingerprint density at radius 1 is 1.08 bits per heavy atom. The number of carbonyl (C=O) groups is 1. The second kappa shape index (κ2) is 10.6. The normalized spacial score (nSPS) is 15.3. The van der Waals surface area contributed by atoms with Gasteiger partial charge in [0.05, 0.1) is 0 Å². The molecule has 0 radical (unpaired) electrons. The highest BCUT2D eigenvalue weighted by Gasteiger charge is 2.17. The molecule has 3 atom stereocenters. The summed E-state index contributed by atoms with van der Waals surface area (Å²) >= 11 is 0. The minimum Gasteiger partial charge on any atom is -0.384 e. The van der Waals surface area contributed by atoms with Gasteiger partial charge in [0.1, 0.15) is 6.10 Å². The standard InChI is InChI=1S/C21H35NO2/c1-15(2)6-5-7-16(3)12-18-8-10-19(11-9-18)17(4)13-20(23)21(24)14-22/h8-11,15-17,21,24H,5-7,12-14,22H2,1-4H3. The number of benzene rings is 1. The molecular formula is C21H35NO2. The maximum absolute atomic E-state index is 11.8. The highest BCUT2D eigenvalue weighted by atomic mass is 16.3. The van der Waals surface area contributed by atoms with Crippen LogP contribution >= 0.6 is 0 Å². The molecule has 0 aliphatic rings. The average Bonchev–Trinajstić information content (AvgIpc) is 2.54. The quantitative estimate of drug-likeness (QED) is 0.641. The van der Waals surface area contributed by atoms with Crippen molar-refractivity contribution >= 4 is 5.78 Å². The van der Waals surface area contributed by atoms with Crippen molar-refractivity contribution in [3.05, 3.63) is 35.4 Å². The van der Waals surface area contributed by atoms with Crippen LogP contribution in [-0.2, 0) is 11.2 Å². The van der Waals surface area contributed by atoms with Crippen LogP contribution in [0.2, 0.25) is 0 Å². The van der Waals surface area contributed by atoms with E-state index in [1.54, 1.807) is 0 Å². The molecule has 0 saturated heterocycles. The fourth-order valence-electron chi connectivity index (χ4n) is 3.05. The molecule has 3 unspecified atom stereocenters. The van der Waals surface area contributed by atoms with Crippen LogP contribution in [0.4, 0.5) is 0 Å². The number of carbonyl (C=O) groups excluding carboxylic acids is 1. The summed E-state index contributed by atoms with van der Waals surface area (Å²) in [5.74, 6) is 1.43. The lowest BCUT2D eigenvalue weighted by molar-refractivity contribution is -0.126. The molecule has 0 aliphatic heterocycles. The average molecular weight is 334 g/mol. The van der Waals surface area contributed by atoms with E-state index in [9.17, 15) is 9.90 Å². The maximum atomic E-state index is 11.8. The van der Waals surface area contributed by atoms with Crippen LogP contribution in [0.3, 0.4) is 0 Å². The van der Waals surface area contributed by atoms with Crippen molar-refractivity contribution in [2.45, 2.75) is 71.8 Å².